The van der Waals surface area contributed by atoms with E-state index in [4.69, 9.17) is 11.6 Å². The molecule has 1 amide bonds. The number of aromatic nitrogens is 2. The van der Waals surface area contributed by atoms with Crippen molar-refractivity contribution in [3.63, 3.8) is 0 Å². The summed E-state index contributed by atoms with van der Waals surface area (Å²) in [6, 6.07) is 9.85. The van der Waals surface area contributed by atoms with Gasteiger partial charge >= 0.3 is 0 Å². The summed E-state index contributed by atoms with van der Waals surface area (Å²) in [5.74, 6) is -1.39. The van der Waals surface area contributed by atoms with E-state index in [9.17, 15) is 13.6 Å². The maximum absolute atomic E-state index is 14.6. The molecule has 1 saturated heterocycles. The van der Waals surface area contributed by atoms with Crippen molar-refractivity contribution in [3.8, 4) is 0 Å². The van der Waals surface area contributed by atoms with Crippen LogP contribution in [-0.4, -0.2) is 39.9 Å². The van der Waals surface area contributed by atoms with Gasteiger partial charge in [-0.25, -0.2) is 8.78 Å². The third kappa shape index (κ3) is 5.06. The standard InChI is InChI=1S/C23H21ClF2N4O/c24-16-3-1-15(2-4-16)23(31)29-18-7-11-30(12-8-18)22(21-14-27-9-10-28-21)19-6-5-17(25)13-20(19)26/h1-6,9-10,13-14,18,22H,7-8,11-12H2,(H,29,31). The molecule has 0 radical (unpaired) electrons. The van der Waals surface area contributed by atoms with E-state index >= 15 is 0 Å². The van der Waals surface area contributed by atoms with Crippen molar-refractivity contribution in [1.82, 2.24) is 20.2 Å². The Balaban J connectivity index is 1.48. The summed E-state index contributed by atoms with van der Waals surface area (Å²) in [6.45, 7) is 1.23. The second kappa shape index (κ2) is 9.49. The lowest BCUT2D eigenvalue weighted by molar-refractivity contribution is 0.0899. The molecule has 0 aliphatic carbocycles. The van der Waals surface area contributed by atoms with E-state index in [0.717, 1.165) is 6.07 Å². The van der Waals surface area contributed by atoms with Crippen LogP contribution in [-0.2, 0) is 0 Å². The highest BCUT2D eigenvalue weighted by Crippen LogP contribution is 2.31. The number of carbonyl (C=O) groups is 1. The summed E-state index contributed by atoms with van der Waals surface area (Å²) in [4.78, 5) is 23.1. The number of amides is 1. The molecule has 5 nitrogen and oxygen atoms in total. The van der Waals surface area contributed by atoms with E-state index in [0.29, 0.717) is 47.8 Å². The van der Waals surface area contributed by atoms with E-state index in [-0.39, 0.29) is 11.9 Å². The SMILES string of the molecule is O=C(NC1CCN(C(c2cnccn2)c2ccc(F)cc2F)CC1)c1ccc(Cl)cc1. The molecule has 8 heteroatoms. The first-order chi connectivity index (χ1) is 15.0. The maximum atomic E-state index is 14.6. The number of nitrogens with one attached hydrogen (secondary N) is 1. The Morgan fingerprint density at radius 2 is 1.84 bits per heavy atom. The quantitative estimate of drug-likeness (QED) is 0.636. The highest BCUT2D eigenvalue weighted by atomic mass is 35.5. The van der Waals surface area contributed by atoms with Crippen LogP contribution in [0.15, 0.2) is 61.1 Å². The van der Waals surface area contributed by atoms with Gasteiger partial charge in [-0.15, -0.1) is 0 Å². The zero-order valence-electron chi connectivity index (χ0n) is 16.6. The first kappa shape index (κ1) is 21.3. The van der Waals surface area contributed by atoms with Gasteiger partial charge in [-0.1, -0.05) is 17.7 Å². The van der Waals surface area contributed by atoms with Gasteiger partial charge in [0.2, 0.25) is 0 Å². The predicted molar refractivity (Wildman–Crippen MR) is 114 cm³/mol. The van der Waals surface area contributed by atoms with E-state index in [1.54, 1.807) is 42.9 Å². The van der Waals surface area contributed by atoms with Crippen LogP contribution >= 0.6 is 11.6 Å². The summed E-state index contributed by atoms with van der Waals surface area (Å²) in [7, 11) is 0. The fourth-order valence-electron chi connectivity index (χ4n) is 3.89. The lowest BCUT2D eigenvalue weighted by Gasteiger charge is -2.37. The number of piperidine rings is 1. The maximum Gasteiger partial charge on any atom is 0.251 e. The molecule has 0 spiro atoms. The number of nitrogens with zero attached hydrogens (tertiary/aromatic N) is 3. The third-order valence-corrected chi connectivity index (χ3v) is 5.71. The molecule has 1 unspecified atom stereocenters. The molecule has 160 valence electrons. The first-order valence-electron chi connectivity index (χ1n) is 10.0. The van der Waals surface area contributed by atoms with Crippen molar-refractivity contribution < 1.29 is 13.6 Å². The summed E-state index contributed by atoms with van der Waals surface area (Å²) in [5.41, 5.74) is 1.50. The molecule has 3 aromatic rings. The van der Waals surface area contributed by atoms with Gasteiger partial charge in [0.15, 0.2) is 0 Å². The smallest absolute Gasteiger partial charge is 0.251 e. The van der Waals surface area contributed by atoms with Gasteiger partial charge in [0.05, 0.1) is 17.9 Å². The molecule has 4 rings (SSSR count). The van der Waals surface area contributed by atoms with Crippen molar-refractivity contribution >= 4 is 17.5 Å². The summed E-state index contributed by atoms with van der Waals surface area (Å²) in [6.07, 6.45) is 6.10. The number of benzene rings is 2. The normalized spacial score (nSPS) is 16.1. The van der Waals surface area contributed by atoms with Gasteiger partial charge in [-0.05, 0) is 43.2 Å². The highest BCUT2D eigenvalue weighted by molar-refractivity contribution is 6.30. The van der Waals surface area contributed by atoms with Crippen LogP contribution in [0.4, 0.5) is 8.78 Å². The molecule has 1 fully saturated rings. The molecule has 2 aromatic carbocycles. The van der Waals surface area contributed by atoms with Crippen LogP contribution < -0.4 is 5.32 Å². The average Bonchev–Trinajstić information content (AvgIpc) is 2.78. The van der Waals surface area contributed by atoms with Gasteiger partial charge in [0.25, 0.3) is 5.91 Å². The van der Waals surface area contributed by atoms with Crippen molar-refractivity contribution in [2.24, 2.45) is 0 Å². The Hall–Kier alpha value is -2.90. The number of hydrogen-bond acceptors (Lipinski definition) is 4. The molecule has 0 saturated carbocycles. The molecule has 1 aliphatic rings. The second-order valence-electron chi connectivity index (χ2n) is 7.49. The van der Waals surface area contributed by atoms with Crippen LogP contribution in [0.1, 0.15) is 40.5 Å². The average molecular weight is 443 g/mol. The van der Waals surface area contributed by atoms with Gasteiger partial charge < -0.3 is 5.32 Å². The molecule has 1 aromatic heterocycles. The zero-order valence-corrected chi connectivity index (χ0v) is 17.4. The fourth-order valence-corrected chi connectivity index (χ4v) is 4.02. The number of rotatable bonds is 5. The van der Waals surface area contributed by atoms with E-state index in [1.807, 2.05) is 0 Å². The Bertz CT molecular complexity index is 1040. The van der Waals surface area contributed by atoms with Crippen molar-refractivity contribution in [2.75, 3.05) is 13.1 Å². The van der Waals surface area contributed by atoms with Crippen LogP contribution in [0.25, 0.3) is 0 Å². The van der Waals surface area contributed by atoms with Gasteiger partial charge in [-0.2, -0.15) is 0 Å². The lowest BCUT2D eigenvalue weighted by Crippen LogP contribution is -2.46. The predicted octanol–water partition coefficient (Wildman–Crippen LogP) is 4.39. The van der Waals surface area contributed by atoms with Crippen molar-refractivity contribution in [3.05, 3.63) is 94.5 Å². The summed E-state index contributed by atoms with van der Waals surface area (Å²) < 4.78 is 28.1. The Labute approximate surface area is 184 Å². The number of hydrogen-bond donors (Lipinski definition) is 1. The number of carbonyl (C=O) groups excluding carboxylic acids is 1. The Morgan fingerprint density at radius 1 is 1.10 bits per heavy atom. The highest BCUT2D eigenvalue weighted by Gasteiger charge is 2.30. The fraction of sp³-hybridized carbons (Fsp3) is 0.261. The molecule has 31 heavy (non-hydrogen) atoms. The Kier molecular flexibility index (Phi) is 6.53. The van der Waals surface area contributed by atoms with Crippen LogP contribution in [0, 0.1) is 11.6 Å². The molecular formula is C23H21ClF2N4O. The van der Waals surface area contributed by atoms with E-state index in [1.165, 1.54) is 12.1 Å². The van der Waals surface area contributed by atoms with Crippen molar-refractivity contribution in [1.29, 1.82) is 0 Å². The minimum atomic E-state index is -0.622. The minimum Gasteiger partial charge on any atom is -0.349 e. The van der Waals surface area contributed by atoms with Gasteiger partial charge in [0, 0.05) is 53.7 Å². The molecule has 1 atom stereocenters. The van der Waals surface area contributed by atoms with Crippen LogP contribution in [0.3, 0.4) is 0 Å². The Morgan fingerprint density at radius 3 is 2.48 bits per heavy atom. The number of likely N-dealkylation sites (tertiary alicyclic amines) is 1. The van der Waals surface area contributed by atoms with Crippen molar-refractivity contribution in [2.45, 2.75) is 24.9 Å². The molecule has 1 aliphatic heterocycles. The van der Waals surface area contributed by atoms with Gasteiger partial charge in [0.1, 0.15) is 11.6 Å². The van der Waals surface area contributed by atoms with Gasteiger partial charge in [-0.3, -0.25) is 19.7 Å². The lowest BCUT2D eigenvalue weighted by atomic mass is 9.96. The molecular weight excluding hydrogens is 422 g/mol. The number of halogens is 3. The molecule has 2 heterocycles. The zero-order chi connectivity index (χ0) is 21.8. The monoisotopic (exact) mass is 442 g/mol. The topological polar surface area (TPSA) is 58.1 Å². The van der Waals surface area contributed by atoms with E-state index in [2.05, 4.69) is 20.2 Å². The molecule has 1 N–H and O–H groups in total. The second-order valence-corrected chi connectivity index (χ2v) is 7.93. The minimum absolute atomic E-state index is 0.000000315. The van der Waals surface area contributed by atoms with Crippen LogP contribution in [0.2, 0.25) is 5.02 Å². The van der Waals surface area contributed by atoms with E-state index < -0.39 is 17.7 Å². The third-order valence-electron chi connectivity index (χ3n) is 5.46. The first-order valence-corrected chi connectivity index (χ1v) is 10.4. The summed E-state index contributed by atoms with van der Waals surface area (Å²) >= 11 is 5.88. The molecule has 0 bridgehead atoms. The largest absolute Gasteiger partial charge is 0.349 e. The van der Waals surface area contributed by atoms with Crippen LogP contribution in [0.5, 0.6) is 0 Å². The summed E-state index contributed by atoms with van der Waals surface area (Å²) in [5, 5.41) is 3.63.